The van der Waals surface area contributed by atoms with E-state index in [2.05, 4.69) is 190 Å². The molecule has 10 rings (SSSR count). The lowest BCUT2D eigenvalue weighted by molar-refractivity contribution is 0.660. The first-order chi connectivity index (χ1) is 27.0. The van der Waals surface area contributed by atoms with Gasteiger partial charge in [0.15, 0.2) is 17.5 Å². The van der Waals surface area contributed by atoms with Gasteiger partial charge in [-0.3, -0.25) is 0 Å². The Balaban J connectivity index is 1.20. The highest BCUT2D eigenvalue weighted by molar-refractivity contribution is 5.96. The minimum absolute atomic E-state index is 0.125. The molecule has 55 heavy (non-hydrogen) atoms. The summed E-state index contributed by atoms with van der Waals surface area (Å²) in [5.74, 6) is 1.90. The maximum Gasteiger partial charge on any atom is 0.164 e. The minimum atomic E-state index is -0.125. The number of aromatic nitrogens is 3. The van der Waals surface area contributed by atoms with Crippen molar-refractivity contribution in [1.29, 1.82) is 0 Å². The Bertz CT molecular complexity index is 2790. The highest BCUT2D eigenvalue weighted by atomic mass is 15.0. The molecule has 0 unspecified atom stereocenters. The highest BCUT2D eigenvalue weighted by Crippen LogP contribution is 2.50. The van der Waals surface area contributed by atoms with Crippen molar-refractivity contribution in [3.8, 4) is 78.7 Å². The van der Waals surface area contributed by atoms with Crippen LogP contribution in [0.2, 0.25) is 0 Å². The van der Waals surface area contributed by atoms with Crippen molar-refractivity contribution in [2.75, 3.05) is 0 Å². The van der Waals surface area contributed by atoms with Gasteiger partial charge in [0.2, 0.25) is 0 Å². The molecule has 0 saturated carbocycles. The van der Waals surface area contributed by atoms with Gasteiger partial charge in [-0.2, -0.15) is 0 Å². The summed E-state index contributed by atoms with van der Waals surface area (Å²) in [7, 11) is 0. The molecule has 0 amide bonds. The molecule has 0 saturated heterocycles. The van der Waals surface area contributed by atoms with Crippen molar-refractivity contribution in [3.63, 3.8) is 0 Å². The lowest BCUT2D eigenvalue weighted by atomic mass is 9.81. The molecule has 1 heterocycles. The maximum atomic E-state index is 5.32. The summed E-state index contributed by atoms with van der Waals surface area (Å²) in [6, 6.07) is 66.8. The zero-order chi connectivity index (χ0) is 36.9. The van der Waals surface area contributed by atoms with Crippen molar-refractivity contribution in [3.05, 3.63) is 199 Å². The van der Waals surface area contributed by atoms with Gasteiger partial charge >= 0.3 is 0 Å². The molecule has 260 valence electrons. The van der Waals surface area contributed by atoms with Crippen LogP contribution in [-0.4, -0.2) is 15.0 Å². The largest absolute Gasteiger partial charge is 0.208 e. The van der Waals surface area contributed by atoms with E-state index in [9.17, 15) is 0 Å². The highest BCUT2D eigenvalue weighted by Gasteiger charge is 2.35. The van der Waals surface area contributed by atoms with Crippen LogP contribution in [0.4, 0.5) is 0 Å². The van der Waals surface area contributed by atoms with E-state index in [1.165, 1.54) is 27.6 Å². The first-order valence-electron chi connectivity index (χ1n) is 18.9. The third-order valence-electron chi connectivity index (χ3n) is 11.1. The van der Waals surface area contributed by atoms with Crippen molar-refractivity contribution in [2.45, 2.75) is 19.3 Å². The van der Waals surface area contributed by atoms with Gasteiger partial charge in [-0.25, -0.2) is 15.0 Å². The molecular weight excluding hydrogens is 667 g/mol. The molecule has 8 aromatic carbocycles. The van der Waals surface area contributed by atoms with E-state index in [1.54, 1.807) is 0 Å². The molecular formula is C52H37N3. The zero-order valence-electron chi connectivity index (χ0n) is 30.7. The van der Waals surface area contributed by atoms with Gasteiger partial charge < -0.3 is 0 Å². The average Bonchev–Trinajstić information content (AvgIpc) is 3.49. The van der Waals surface area contributed by atoms with Crippen molar-refractivity contribution in [1.82, 2.24) is 15.0 Å². The van der Waals surface area contributed by atoms with Crippen LogP contribution in [0.5, 0.6) is 0 Å². The summed E-state index contributed by atoms with van der Waals surface area (Å²) in [6.07, 6.45) is 0. The summed E-state index contributed by atoms with van der Waals surface area (Å²) in [4.78, 5) is 15.8. The normalized spacial score (nSPS) is 12.7. The second kappa shape index (κ2) is 13.2. The molecule has 0 fully saturated rings. The molecule has 1 aliphatic rings. The summed E-state index contributed by atoms with van der Waals surface area (Å²) < 4.78 is 0. The molecule has 0 radical (unpaired) electrons. The fourth-order valence-corrected chi connectivity index (χ4v) is 8.23. The van der Waals surface area contributed by atoms with E-state index < -0.39 is 0 Å². The van der Waals surface area contributed by atoms with Gasteiger partial charge in [-0.15, -0.1) is 0 Å². The minimum Gasteiger partial charge on any atom is -0.208 e. The number of rotatable bonds is 6. The Morgan fingerprint density at radius 3 is 1.38 bits per heavy atom. The predicted octanol–water partition coefficient (Wildman–Crippen LogP) is 13.3. The molecule has 3 nitrogen and oxygen atoms in total. The van der Waals surface area contributed by atoms with Gasteiger partial charge in [0.25, 0.3) is 0 Å². The Morgan fingerprint density at radius 2 is 0.764 bits per heavy atom. The molecule has 0 N–H and O–H groups in total. The fraction of sp³-hybridized carbons (Fsp3) is 0.0577. The van der Waals surface area contributed by atoms with E-state index in [0.29, 0.717) is 17.5 Å². The van der Waals surface area contributed by atoms with Crippen LogP contribution in [0.25, 0.3) is 89.4 Å². The fourth-order valence-electron chi connectivity index (χ4n) is 8.23. The lowest BCUT2D eigenvalue weighted by Gasteiger charge is -2.22. The van der Waals surface area contributed by atoms with Gasteiger partial charge in [0, 0.05) is 22.1 Å². The third-order valence-corrected chi connectivity index (χ3v) is 11.1. The van der Waals surface area contributed by atoms with E-state index in [-0.39, 0.29) is 5.41 Å². The van der Waals surface area contributed by atoms with Crippen molar-refractivity contribution < 1.29 is 0 Å². The number of hydrogen-bond acceptors (Lipinski definition) is 3. The van der Waals surface area contributed by atoms with E-state index >= 15 is 0 Å². The first kappa shape index (κ1) is 32.7. The molecule has 0 spiro atoms. The monoisotopic (exact) mass is 703 g/mol. The number of nitrogens with zero attached hydrogens (tertiary/aromatic N) is 3. The van der Waals surface area contributed by atoms with Crippen LogP contribution in [-0.2, 0) is 5.41 Å². The number of benzene rings is 8. The van der Waals surface area contributed by atoms with E-state index in [4.69, 9.17) is 15.0 Å². The smallest absolute Gasteiger partial charge is 0.164 e. The first-order valence-corrected chi connectivity index (χ1v) is 18.9. The summed E-state index contributed by atoms with van der Waals surface area (Å²) in [5, 5.41) is 2.31. The van der Waals surface area contributed by atoms with Crippen LogP contribution >= 0.6 is 0 Å². The van der Waals surface area contributed by atoms with Crippen LogP contribution in [0.15, 0.2) is 188 Å². The molecule has 0 atom stereocenters. The SMILES string of the molecule is CC1(C)c2ccccc2-c2ccc(-c3cc4ccccc4cc3-c3nc(-c4cccc(-c5ccccc5)c4)nc(-c4cccc(-c5ccccc5)c4)n3)cc21. The Hall–Kier alpha value is -6.97. The molecule has 1 aliphatic carbocycles. The molecule has 0 aliphatic heterocycles. The van der Waals surface area contributed by atoms with Gasteiger partial charge in [-0.1, -0.05) is 172 Å². The quantitative estimate of drug-likeness (QED) is 0.173. The summed E-state index contributed by atoms with van der Waals surface area (Å²) in [5.41, 5.74) is 14.8. The van der Waals surface area contributed by atoms with Gasteiger partial charge in [0.05, 0.1) is 0 Å². The molecule has 1 aromatic heterocycles. The van der Waals surface area contributed by atoms with Crippen molar-refractivity contribution >= 4 is 10.8 Å². The van der Waals surface area contributed by atoms with Crippen LogP contribution in [0, 0.1) is 0 Å². The van der Waals surface area contributed by atoms with E-state index in [1.807, 2.05) is 12.1 Å². The second-order valence-corrected chi connectivity index (χ2v) is 14.9. The van der Waals surface area contributed by atoms with E-state index in [0.717, 1.165) is 55.5 Å². The second-order valence-electron chi connectivity index (χ2n) is 14.9. The summed E-state index contributed by atoms with van der Waals surface area (Å²) >= 11 is 0. The Morgan fingerprint density at radius 1 is 0.291 bits per heavy atom. The van der Waals surface area contributed by atoms with Crippen molar-refractivity contribution in [2.24, 2.45) is 0 Å². The summed E-state index contributed by atoms with van der Waals surface area (Å²) in [6.45, 7) is 4.67. The van der Waals surface area contributed by atoms with Crippen LogP contribution in [0.3, 0.4) is 0 Å². The maximum absolute atomic E-state index is 5.32. The van der Waals surface area contributed by atoms with Crippen LogP contribution < -0.4 is 0 Å². The van der Waals surface area contributed by atoms with Gasteiger partial charge in [0.1, 0.15) is 0 Å². The lowest BCUT2D eigenvalue weighted by Crippen LogP contribution is -2.14. The molecule has 9 aromatic rings. The molecule has 0 bridgehead atoms. The third kappa shape index (κ3) is 5.82. The van der Waals surface area contributed by atoms with Crippen LogP contribution in [0.1, 0.15) is 25.0 Å². The molecule has 3 heteroatoms. The number of hydrogen-bond donors (Lipinski definition) is 0. The Kier molecular flexibility index (Phi) is 7.81. The zero-order valence-corrected chi connectivity index (χ0v) is 30.7. The average molecular weight is 704 g/mol. The van der Waals surface area contributed by atoms with Gasteiger partial charge in [-0.05, 0) is 96.7 Å². The topological polar surface area (TPSA) is 38.7 Å². The number of fused-ring (bicyclic) bond motifs is 4. The predicted molar refractivity (Wildman–Crippen MR) is 228 cm³/mol. The Labute approximate surface area is 321 Å². The standard InChI is InChI=1S/C52H37N3/c1-52(2)47-26-12-11-25-43(47)44-28-27-40(33-48(44)52)45-31-38-19-9-10-20-39(38)32-46(45)51-54-49(41-23-13-21-36(29-41)34-15-5-3-6-16-34)53-50(55-51)42-24-14-22-37(30-42)35-17-7-4-8-18-35/h3-33H,1-2H3.